The summed E-state index contributed by atoms with van der Waals surface area (Å²) in [7, 11) is 0. The first-order chi connectivity index (χ1) is 10.4. The van der Waals surface area contributed by atoms with Crippen LogP contribution in [0.1, 0.15) is 52.9 Å². The Kier molecular flexibility index (Phi) is 4.91. The molecule has 2 aromatic rings. The molecular formula is C18H23NO3. The van der Waals surface area contributed by atoms with Crippen LogP contribution in [0.15, 0.2) is 28.7 Å². The molecule has 0 saturated heterocycles. The fourth-order valence-electron chi connectivity index (χ4n) is 2.50. The quantitative estimate of drug-likeness (QED) is 0.904. The minimum atomic E-state index is -0.103. The van der Waals surface area contributed by atoms with Crippen LogP contribution in [0.3, 0.4) is 0 Å². The summed E-state index contributed by atoms with van der Waals surface area (Å²) in [6, 6.07) is 7.68. The van der Waals surface area contributed by atoms with Crippen molar-refractivity contribution >= 4 is 5.91 Å². The van der Waals surface area contributed by atoms with Crippen LogP contribution in [0.25, 0.3) is 0 Å². The van der Waals surface area contributed by atoms with E-state index in [1.807, 2.05) is 58.9 Å². The van der Waals surface area contributed by atoms with Crippen LogP contribution in [-0.4, -0.2) is 12.5 Å². The van der Waals surface area contributed by atoms with Gasteiger partial charge >= 0.3 is 0 Å². The van der Waals surface area contributed by atoms with Crippen LogP contribution in [-0.2, 0) is 0 Å². The zero-order valence-corrected chi connectivity index (χ0v) is 13.8. The molecule has 1 heterocycles. The SMILES string of the molecule is CCOc1ccc(C(C)NC(=O)c2c(C)oc(C)c2C)cc1. The normalized spacial score (nSPS) is 12.0. The summed E-state index contributed by atoms with van der Waals surface area (Å²) >= 11 is 0. The van der Waals surface area contributed by atoms with Gasteiger partial charge in [-0.05, 0) is 52.3 Å². The Morgan fingerprint density at radius 2 is 1.82 bits per heavy atom. The van der Waals surface area contributed by atoms with E-state index < -0.39 is 0 Å². The fraction of sp³-hybridized carbons (Fsp3) is 0.389. The van der Waals surface area contributed by atoms with Crippen LogP contribution in [0.2, 0.25) is 0 Å². The second kappa shape index (κ2) is 6.69. The highest BCUT2D eigenvalue weighted by atomic mass is 16.5. The molecule has 4 heteroatoms. The molecule has 1 aromatic carbocycles. The molecule has 1 aromatic heterocycles. The third-order valence-electron chi connectivity index (χ3n) is 3.83. The van der Waals surface area contributed by atoms with Crippen molar-refractivity contribution in [2.75, 3.05) is 6.61 Å². The molecular weight excluding hydrogens is 278 g/mol. The highest BCUT2D eigenvalue weighted by molar-refractivity contribution is 5.97. The van der Waals surface area contributed by atoms with Gasteiger partial charge in [0.25, 0.3) is 5.91 Å². The summed E-state index contributed by atoms with van der Waals surface area (Å²) in [4.78, 5) is 12.5. The van der Waals surface area contributed by atoms with Gasteiger partial charge < -0.3 is 14.5 Å². The van der Waals surface area contributed by atoms with E-state index in [4.69, 9.17) is 9.15 Å². The first-order valence-corrected chi connectivity index (χ1v) is 7.54. The summed E-state index contributed by atoms with van der Waals surface area (Å²) in [6.07, 6.45) is 0. The summed E-state index contributed by atoms with van der Waals surface area (Å²) in [6.45, 7) is 10.2. The van der Waals surface area contributed by atoms with Crippen molar-refractivity contribution in [1.29, 1.82) is 0 Å². The number of benzene rings is 1. The number of furan rings is 1. The van der Waals surface area contributed by atoms with E-state index in [0.29, 0.717) is 17.9 Å². The lowest BCUT2D eigenvalue weighted by Crippen LogP contribution is -2.27. The zero-order chi connectivity index (χ0) is 16.3. The second-order valence-corrected chi connectivity index (χ2v) is 5.41. The number of hydrogen-bond acceptors (Lipinski definition) is 3. The minimum absolute atomic E-state index is 0.0859. The van der Waals surface area contributed by atoms with Gasteiger partial charge in [0.05, 0.1) is 18.2 Å². The summed E-state index contributed by atoms with van der Waals surface area (Å²) in [5.41, 5.74) is 2.57. The Bertz CT molecular complexity index is 656. The zero-order valence-electron chi connectivity index (χ0n) is 13.8. The third kappa shape index (κ3) is 3.32. The van der Waals surface area contributed by atoms with E-state index >= 15 is 0 Å². The Balaban J connectivity index is 2.10. The molecule has 1 amide bonds. The Morgan fingerprint density at radius 3 is 2.32 bits per heavy atom. The largest absolute Gasteiger partial charge is 0.494 e. The highest BCUT2D eigenvalue weighted by Gasteiger charge is 2.20. The van der Waals surface area contributed by atoms with E-state index in [9.17, 15) is 4.79 Å². The van der Waals surface area contributed by atoms with Gasteiger partial charge in [-0.3, -0.25) is 4.79 Å². The van der Waals surface area contributed by atoms with Crippen molar-refractivity contribution in [3.63, 3.8) is 0 Å². The molecule has 1 unspecified atom stereocenters. The Labute approximate surface area is 131 Å². The van der Waals surface area contributed by atoms with E-state index in [2.05, 4.69) is 5.32 Å². The molecule has 0 radical (unpaired) electrons. The number of carbonyl (C=O) groups is 1. The number of aryl methyl sites for hydroxylation is 2. The molecule has 0 aliphatic rings. The van der Waals surface area contributed by atoms with Crippen molar-refractivity contribution < 1.29 is 13.9 Å². The molecule has 1 N–H and O–H groups in total. The maximum Gasteiger partial charge on any atom is 0.255 e. The third-order valence-corrected chi connectivity index (χ3v) is 3.83. The van der Waals surface area contributed by atoms with E-state index in [-0.39, 0.29) is 11.9 Å². The number of nitrogens with one attached hydrogen (secondary N) is 1. The van der Waals surface area contributed by atoms with Crippen LogP contribution in [0.5, 0.6) is 5.75 Å². The van der Waals surface area contributed by atoms with Crippen molar-refractivity contribution in [2.45, 2.75) is 40.7 Å². The number of hydrogen-bond donors (Lipinski definition) is 1. The molecule has 4 nitrogen and oxygen atoms in total. The number of ether oxygens (including phenoxy) is 1. The maximum absolute atomic E-state index is 12.5. The standard InChI is InChI=1S/C18H23NO3/c1-6-21-16-9-7-15(8-10-16)12(3)19-18(20)17-11(2)13(4)22-14(17)5/h7-10,12H,6H2,1-5H3,(H,19,20). The van der Waals surface area contributed by atoms with E-state index in [0.717, 1.165) is 22.6 Å². The molecule has 118 valence electrons. The number of carbonyl (C=O) groups excluding carboxylic acids is 1. The highest BCUT2D eigenvalue weighted by Crippen LogP contribution is 2.22. The summed E-state index contributed by atoms with van der Waals surface area (Å²) in [5.74, 6) is 2.18. The molecule has 0 aliphatic carbocycles. The number of amides is 1. The van der Waals surface area contributed by atoms with Gasteiger partial charge in [-0.1, -0.05) is 12.1 Å². The van der Waals surface area contributed by atoms with E-state index in [1.165, 1.54) is 0 Å². The maximum atomic E-state index is 12.5. The molecule has 0 bridgehead atoms. The van der Waals surface area contributed by atoms with Crippen LogP contribution >= 0.6 is 0 Å². The predicted molar refractivity (Wildman–Crippen MR) is 86.4 cm³/mol. The molecule has 0 spiro atoms. The van der Waals surface area contributed by atoms with Crippen LogP contribution < -0.4 is 10.1 Å². The lowest BCUT2D eigenvalue weighted by atomic mass is 10.1. The lowest BCUT2D eigenvalue weighted by Gasteiger charge is -2.15. The smallest absolute Gasteiger partial charge is 0.255 e. The van der Waals surface area contributed by atoms with Gasteiger partial charge in [-0.15, -0.1) is 0 Å². The fourth-order valence-corrected chi connectivity index (χ4v) is 2.50. The molecule has 0 saturated carbocycles. The van der Waals surface area contributed by atoms with Gasteiger partial charge in [0.15, 0.2) is 0 Å². The van der Waals surface area contributed by atoms with E-state index in [1.54, 1.807) is 0 Å². The average Bonchev–Trinajstić information content (AvgIpc) is 2.73. The van der Waals surface area contributed by atoms with Gasteiger partial charge in [-0.2, -0.15) is 0 Å². The average molecular weight is 301 g/mol. The van der Waals surface area contributed by atoms with Gasteiger partial charge in [0.2, 0.25) is 0 Å². The van der Waals surface area contributed by atoms with Crippen molar-refractivity contribution in [2.24, 2.45) is 0 Å². The number of rotatable bonds is 5. The Hall–Kier alpha value is -2.23. The van der Waals surface area contributed by atoms with Gasteiger partial charge in [0, 0.05) is 5.56 Å². The molecule has 0 fully saturated rings. The monoisotopic (exact) mass is 301 g/mol. The lowest BCUT2D eigenvalue weighted by molar-refractivity contribution is 0.0938. The van der Waals surface area contributed by atoms with Crippen molar-refractivity contribution in [3.05, 3.63) is 52.5 Å². The first kappa shape index (κ1) is 16.1. The Morgan fingerprint density at radius 1 is 1.18 bits per heavy atom. The molecule has 0 aliphatic heterocycles. The minimum Gasteiger partial charge on any atom is -0.494 e. The van der Waals surface area contributed by atoms with Crippen LogP contribution in [0.4, 0.5) is 0 Å². The summed E-state index contributed by atoms with van der Waals surface area (Å²) in [5, 5.41) is 3.02. The second-order valence-electron chi connectivity index (χ2n) is 5.41. The predicted octanol–water partition coefficient (Wildman–Crippen LogP) is 4.09. The van der Waals surface area contributed by atoms with Gasteiger partial charge in [-0.25, -0.2) is 0 Å². The molecule has 2 rings (SSSR count). The first-order valence-electron chi connectivity index (χ1n) is 7.54. The topological polar surface area (TPSA) is 51.5 Å². The molecule has 22 heavy (non-hydrogen) atoms. The van der Waals surface area contributed by atoms with Gasteiger partial charge in [0.1, 0.15) is 17.3 Å². The summed E-state index contributed by atoms with van der Waals surface area (Å²) < 4.78 is 10.9. The van der Waals surface area contributed by atoms with Crippen molar-refractivity contribution in [3.8, 4) is 5.75 Å². The molecule has 1 atom stereocenters. The van der Waals surface area contributed by atoms with Crippen molar-refractivity contribution in [1.82, 2.24) is 5.32 Å². The van der Waals surface area contributed by atoms with Crippen LogP contribution in [0, 0.1) is 20.8 Å².